The number of ether oxygens (including phenoxy) is 1. The van der Waals surface area contributed by atoms with Crippen LogP contribution in [-0.2, 0) is 9.53 Å². The highest BCUT2D eigenvalue weighted by Gasteiger charge is 2.53. The van der Waals surface area contributed by atoms with Gasteiger partial charge in [-0.1, -0.05) is 11.9 Å². The highest BCUT2D eigenvalue weighted by atomic mass is 32.2. The molecule has 4 fully saturated rings. The number of nitrogens with two attached hydrogens (primary N) is 1. The fraction of sp³-hybridized carbons (Fsp3) is 0.917. The SMILES string of the molecule is NSCC(=O)OC12CC3CC(CC(C3)C1)C2. The summed E-state index contributed by atoms with van der Waals surface area (Å²) in [6.45, 7) is 0. The normalized spacial score (nSPS) is 44.7. The minimum absolute atomic E-state index is 0.0957. The minimum Gasteiger partial charge on any atom is -0.458 e. The van der Waals surface area contributed by atoms with Gasteiger partial charge in [0, 0.05) is 0 Å². The molecule has 0 heterocycles. The lowest BCUT2D eigenvalue weighted by Gasteiger charge is -2.55. The Labute approximate surface area is 101 Å². The maximum absolute atomic E-state index is 11.6. The van der Waals surface area contributed by atoms with Gasteiger partial charge in [-0.25, -0.2) is 0 Å². The van der Waals surface area contributed by atoms with E-state index < -0.39 is 0 Å². The van der Waals surface area contributed by atoms with Gasteiger partial charge in [0.25, 0.3) is 0 Å². The first-order chi connectivity index (χ1) is 7.69. The van der Waals surface area contributed by atoms with Crippen molar-refractivity contribution in [3.63, 3.8) is 0 Å². The van der Waals surface area contributed by atoms with Crippen LogP contribution in [0.2, 0.25) is 0 Å². The van der Waals surface area contributed by atoms with Gasteiger partial charge in [-0.15, -0.1) is 0 Å². The lowest BCUT2D eigenvalue weighted by molar-refractivity contribution is -0.183. The third kappa shape index (κ3) is 1.86. The van der Waals surface area contributed by atoms with E-state index in [1.165, 1.54) is 19.3 Å². The lowest BCUT2D eigenvalue weighted by atomic mass is 9.54. The van der Waals surface area contributed by atoms with Crippen LogP contribution < -0.4 is 5.14 Å². The molecule has 0 amide bonds. The van der Waals surface area contributed by atoms with E-state index >= 15 is 0 Å². The summed E-state index contributed by atoms with van der Waals surface area (Å²) >= 11 is 1.06. The van der Waals surface area contributed by atoms with E-state index in [1.54, 1.807) is 0 Å². The van der Waals surface area contributed by atoms with E-state index in [-0.39, 0.29) is 11.6 Å². The standard InChI is InChI=1S/C12H19NO2S/c13-16-7-11(14)15-12-4-8-1-9(5-12)3-10(2-8)6-12/h8-10H,1-7,13H2. The summed E-state index contributed by atoms with van der Waals surface area (Å²) in [5.41, 5.74) is -0.0957. The van der Waals surface area contributed by atoms with Gasteiger partial charge in [-0.3, -0.25) is 9.93 Å². The van der Waals surface area contributed by atoms with Crippen molar-refractivity contribution in [2.75, 3.05) is 5.75 Å². The van der Waals surface area contributed by atoms with Gasteiger partial charge in [0.2, 0.25) is 0 Å². The molecule has 0 spiro atoms. The van der Waals surface area contributed by atoms with Crippen molar-refractivity contribution >= 4 is 17.9 Å². The molecule has 0 saturated heterocycles. The van der Waals surface area contributed by atoms with Crippen LogP contribution in [0, 0.1) is 17.8 Å². The molecule has 0 atom stereocenters. The summed E-state index contributed by atoms with van der Waals surface area (Å²) in [7, 11) is 0. The molecular formula is C12H19NO2S. The molecule has 0 radical (unpaired) electrons. The Hall–Kier alpha value is -0.220. The van der Waals surface area contributed by atoms with Gasteiger partial charge < -0.3 is 4.74 Å². The Bertz CT molecular complexity index is 270. The van der Waals surface area contributed by atoms with Crippen LogP contribution in [0.5, 0.6) is 0 Å². The molecule has 4 aliphatic carbocycles. The van der Waals surface area contributed by atoms with Crippen molar-refractivity contribution < 1.29 is 9.53 Å². The molecule has 3 nitrogen and oxygen atoms in total. The highest BCUT2D eigenvalue weighted by molar-refractivity contribution is 7.97. The smallest absolute Gasteiger partial charge is 0.317 e. The van der Waals surface area contributed by atoms with Gasteiger partial charge in [0.1, 0.15) is 11.4 Å². The number of hydrogen-bond acceptors (Lipinski definition) is 4. The molecule has 4 rings (SSSR count). The van der Waals surface area contributed by atoms with Crippen LogP contribution in [0.25, 0.3) is 0 Å². The summed E-state index contributed by atoms with van der Waals surface area (Å²) in [4.78, 5) is 11.6. The predicted molar refractivity (Wildman–Crippen MR) is 63.6 cm³/mol. The van der Waals surface area contributed by atoms with Crippen molar-refractivity contribution in [3.8, 4) is 0 Å². The second-order valence-corrected chi connectivity index (χ2v) is 6.51. The monoisotopic (exact) mass is 241 g/mol. The average Bonchev–Trinajstić information content (AvgIpc) is 2.13. The van der Waals surface area contributed by atoms with Crippen LogP contribution >= 0.6 is 11.9 Å². The maximum Gasteiger partial charge on any atom is 0.317 e. The Kier molecular flexibility index (Phi) is 2.67. The Morgan fingerprint density at radius 2 is 1.69 bits per heavy atom. The molecule has 16 heavy (non-hydrogen) atoms. The van der Waals surface area contributed by atoms with E-state index in [1.807, 2.05) is 0 Å². The lowest BCUT2D eigenvalue weighted by Crippen LogP contribution is -2.52. The van der Waals surface area contributed by atoms with Crippen LogP contribution in [0.15, 0.2) is 0 Å². The first-order valence-electron chi connectivity index (χ1n) is 6.23. The van der Waals surface area contributed by atoms with Gasteiger partial charge >= 0.3 is 5.97 Å². The number of carbonyl (C=O) groups excluding carboxylic acids is 1. The third-order valence-electron chi connectivity index (χ3n) is 4.51. The van der Waals surface area contributed by atoms with Crippen LogP contribution in [-0.4, -0.2) is 17.3 Å². The van der Waals surface area contributed by atoms with Gasteiger partial charge in [-0.05, 0) is 56.3 Å². The summed E-state index contributed by atoms with van der Waals surface area (Å²) < 4.78 is 5.75. The highest BCUT2D eigenvalue weighted by Crippen LogP contribution is 2.57. The van der Waals surface area contributed by atoms with Crippen molar-refractivity contribution in [3.05, 3.63) is 0 Å². The van der Waals surface area contributed by atoms with Gasteiger partial charge in [-0.2, -0.15) is 0 Å². The fourth-order valence-corrected chi connectivity index (χ4v) is 4.69. The Morgan fingerprint density at radius 3 is 2.12 bits per heavy atom. The number of esters is 1. The molecule has 0 aromatic rings. The van der Waals surface area contributed by atoms with E-state index in [0.717, 1.165) is 49.0 Å². The third-order valence-corrected chi connectivity index (χ3v) is 4.92. The maximum atomic E-state index is 11.6. The van der Waals surface area contributed by atoms with Crippen LogP contribution in [0.3, 0.4) is 0 Å². The summed E-state index contributed by atoms with van der Waals surface area (Å²) in [6.07, 6.45) is 7.47. The molecule has 0 unspecified atom stereocenters. The first kappa shape index (κ1) is 10.9. The zero-order valence-electron chi connectivity index (χ0n) is 9.48. The van der Waals surface area contributed by atoms with Crippen LogP contribution in [0.4, 0.5) is 0 Å². The second kappa shape index (κ2) is 3.91. The quantitative estimate of drug-likeness (QED) is 0.607. The molecule has 4 aliphatic rings. The first-order valence-corrected chi connectivity index (χ1v) is 7.27. The molecule has 90 valence electrons. The van der Waals surface area contributed by atoms with Crippen molar-refractivity contribution in [1.82, 2.24) is 0 Å². The zero-order valence-corrected chi connectivity index (χ0v) is 10.3. The molecule has 2 N–H and O–H groups in total. The molecule has 0 aromatic heterocycles. The molecule has 0 aliphatic heterocycles. The number of hydrogen-bond donors (Lipinski definition) is 1. The van der Waals surface area contributed by atoms with Crippen molar-refractivity contribution in [2.24, 2.45) is 22.9 Å². The minimum atomic E-state index is -0.116. The predicted octanol–water partition coefficient (Wildman–Crippen LogP) is 2.11. The molecule has 4 bridgehead atoms. The van der Waals surface area contributed by atoms with Gasteiger partial charge in [0.15, 0.2) is 0 Å². The van der Waals surface area contributed by atoms with Gasteiger partial charge in [0.05, 0.1) is 0 Å². The summed E-state index contributed by atoms with van der Waals surface area (Å²) in [5, 5.41) is 5.31. The molecule has 4 heteroatoms. The fourth-order valence-electron chi connectivity index (χ4n) is 4.50. The number of carbonyl (C=O) groups is 1. The topological polar surface area (TPSA) is 52.3 Å². The van der Waals surface area contributed by atoms with Crippen LogP contribution in [0.1, 0.15) is 38.5 Å². The summed E-state index contributed by atoms with van der Waals surface area (Å²) in [6, 6.07) is 0. The zero-order chi connectivity index (χ0) is 11.2. The molecular weight excluding hydrogens is 222 g/mol. The number of rotatable bonds is 3. The van der Waals surface area contributed by atoms with Crippen molar-refractivity contribution in [2.45, 2.75) is 44.1 Å². The Balaban J connectivity index is 1.71. The summed E-state index contributed by atoms with van der Waals surface area (Å²) in [5.74, 6) is 2.65. The average molecular weight is 241 g/mol. The van der Waals surface area contributed by atoms with E-state index in [0.29, 0.717) is 5.75 Å². The largest absolute Gasteiger partial charge is 0.458 e. The molecule has 0 aromatic carbocycles. The second-order valence-electron chi connectivity index (χ2n) is 5.89. The van der Waals surface area contributed by atoms with E-state index in [4.69, 9.17) is 9.88 Å². The molecule has 4 saturated carbocycles. The van der Waals surface area contributed by atoms with E-state index in [9.17, 15) is 4.79 Å². The van der Waals surface area contributed by atoms with E-state index in [2.05, 4.69) is 0 Å². The Morgan fingerprint density at radius 1 is 1.19 bits per heavy atom. The van der Waals surface area contributed by atoms with Crippen molar-refractivity contribution in [1.29, 1.82) is 0 Å².